The van der Waals surface area contributed by atoms with Crippen molar-refractivity contribution in [1.29, 1.82) is 0 Å². The summed E-state index contributed by atoms with van der Waals surface area (Å²) in [4.78, 5) is 16.7. The quantitative estimate of drug-likeness (QED) is 0.715. The summed E-state index contributed by atoms with van der Waals surface area (Å²) < 4.78 is 28.6. The standard InChI is InChI=1S/C19H18FN3O4/c1-11(19-22-17(23-27-19)12-4-7-14(20)8-5-12)21-18(24)13-6-9-15(25-2)16(10-13)26-3/h4-11H,1-3H3,(H,21,24)/t11-/m0/s1. The zero-order valence-corrected chi connectivity index (χ0v) is 15.0. The lowest BCUT2D eigenvalue weighted by atomic mass is 10.1. The van der Waals surface area contributed by atoms with Crippen LogP contribution in [-0.4, -0.2) is 30.3 Å². The van der Waals surface area contributed by atoms with E-state index in [1.807, 2.05) is 0 Å². The Morgan fingerprint density at radius 1 is 1.11 bits per heavy atom. The first-order valence-electron chi connectivity index (χ1n) is 8.14. The van der Waals surface area contributed by atoms with E-state index in [2.05, 4.69) is 15.5 Å². The lowest BCUT2D eigenvalue weighted by Gasteiger charge is -2.12. The Hall–Kier alpha value is -3.42. The highest BCUT2D eigenvalue weighted by atomic mass is 19.1. The summed E-state index contributed by atoms with van der Waals surface area (Å²) in [6, 6.07) is 10.1. The fourth-order valence-electron chi connectivity index (χ4n) is 2.45. The van der Waals surface area contributed by atoms with E-state index in [0.29, 0.717) is 28.5 Å². The average Bonchev–Trinajstić information content (AvgIpc) is 3.18. The molecular formula is C19H18FN3O4. The second kappa shape index (κ2) is 7.86. The van der Waals surface area contributed by atoms with Crippen LogP contribution in [0.2, 0.25) is 0 Å². The molecule has 1 amide bonds. The van der Waals surface area contributed by atoms with Gasteiger partial charge in [-0.25, -0.2) is 4.39 Å². The number of benzene rings is 2. The van der Waals surface area contributed by atoms with Gasteiger partial charge in [-0.1, -0.05) is 5.16 Å². The molecule has 0 saturated heterocycles. The number of nitrogens with zero attached hydrogens (tertiary/aromatic N) is 2. The van der Waals surface area contributed by atoms with Crippen LogP contribution in [0.3, 0.4) is 0 Å². The first-order chi connectivity index (χ1) is 13.0. The van der Waals surface area contributed by atoms with Gasteiger partial charge in [-0.15, -0.1) is 0 Å². The Bertz CT molecular complexity index is 940. The number of rotatable bonds is 6. The van der Waals surface area contributed by atoms with Gasteiger partial charge in [0, 0.05) is 11.1 Å². The maximum atomic E-state index is 13.0. The van der Waals surface area contributed by atoms with Gasteiger partial charge < -0.3 is 19.3 Å². The Morgan fingerprint density at radius 2 is 1.81 bits per heavy atom. The van der Waals surface area contributed by atoms with E-state index < -0.39 is 6.04 Å². The molecule has 0 spiro atoms. The van der Waals surface area contributed by atoms with Crippen molar-refractivity contribution in [2.75, 3.05) is 14.2 Å². The fourth-order valence-corrected chi connectivity index (χ4v) is 2.45. The predicted molar refractivity (Wildman–Crippen MR) is 95.1 cm³/mol. The average molecular weight is 371 g/mol. The van der Waals surface area contributed by atoms with E-state index in [-0.39, 0.29) is 17.6 Å². The van der Waals surface area contributed by atoms with Crippen LogP contribution in [0.1, 0.15) is 29.2 Å². The molecule has 7 nitrogen and oxygen atoms in total. The van der Waals surface area contributed by atoms with Crippen molar-refractivity contribution < 1.29 is 23.2 Å². The highest BCUT2D eigenvalue weighted by Crippen LogP contribution is 2.28. The van der Waals surface area contributed by atoms with Crippen LogP contribution in [0, 0.1) is 5.82 Å². The van der Waals surface area contributed by atoms with Gasteiger partial charge in [-0.05, 0) is 49.4 Å². The van der Waals surface area contributed by atoms with E-state index in [4.69, 9.17) is 14.0 Å². The van der Waals surface area contributed by atoms with Gasteiger partial charge in [-0.3, -0.25) is 4.79 Å². The molecule has 0 bridgehead atoms. The third-order valence-electron chi connectivity index (χ3n) is 3.91. The molecule has 1 heterocycles. The van der Waals surface area contributed by atoms with Crippen LogP contribution in [0.15, 0.2) is 47.0 Å². The molecule has 1 atom stereocenters. The number of hydrogen-bond donors (Lipinski definition) is 1. The molecular weight excluding hydrogens is 353 g/mol. The summed E-state index contributed by atoms with van der Waals surface area (Å²) in [7, 11) is 3.02. The molecule has 0 aliphatic heterocycles. The normalized spacial score (nSPS) is 11.7. The Balaban J connectivity index is 1.72. The molecule has 1 N–H and O–H groups in total. The number of amides is 1. The molecule has 1 aromatic heterocycles. The molecule has 2 aromatic carbocycles. The van der Waals surface area contributed by atoms with Crippen molar-refractivity contribution in [3.8, 4) is 22.9 Å². The van der Waals surface area contributed by atoms with E-state index in [0.717, 1.165) is 0 Å². The van der Waals surface area contributed by atoms with Gasteiger partial charge in [0.05, 0.1) is 14.2 Å². The SMILES string of the molecule is COc1ccc(C(=O)N[C@@H](C)c2nc(-c3ccc(F)cc3)no2)cc1OC. The zero-order valence-electron chi connectivity index (χ0n) is 15.0. The number of carbonyl (C=O) groups excluding carboxylic acids is 1. The van der Waals surface area contributed by atoms with Crippen LogP contribution < -0.4 is 14.8 Å². The van der Waals surface area contributed by atoms with Gasteiger partial charge in [0.15, 0.2) is 11.5 Å². The Labute approximate surface area is 155 Å². The highest BCUT2D eigenvalue weighted by Gasteiger charge is 2.19. The van der Waals surface area contributed by atoms with Crippen molar-refractivity contribution in [2.24, 2.45) is 0 Å². The molecule has 0 unspecified atom stereocenters. The maximum Gasteiger partial charge on any atom is 0.252 e. The highest BCUT2D eigenvalue weighted by molar-refractivity contribution is 5.95. The van der Waals surface area contributed by atoms with Crippen LogP contribution in [-0.2, 0) is 0 Å². The van der Waals surface area contributed by atoms with E-state index in [1.165, 1.54) is 26.4 Å². The van der Waals surface area contributed by atoms with Crippen molar-refractivity contribution in [3.05, 3.63) is 59.7 Å². The summed E-state index contributed by atoms with van der Waals surface area (Å²) >= 11 is 0. The minimum atomic E-state index is -0.521. The zero-order chi connectivity index (χ0) is 19.4. The van der Waals surface area contributed by atoms with E-state index in [9.17, 15) is 9.18 Å². The van der Waals surface area contributed by atoms with Crippen LogP contribution >= 0.6 is 0 Å². The minimum absolute atomic E-state index is 0.239. The number of halogens is 1. The molecule has 3 rings (SSSR count). The summed E-state index contributed by atoms with van der Waals surface area (Å²) in [5.41, 5.74) is 1.02. The number of hydrogen-bond acceptors (Lipinski definition) is 6. The van der Waals surface area contributed by atoms with Crippen LogP contribution in [0.25, 0.3) is 11.4 Å². The van der Waals surface area contributed by atoms with E-state index >= 15 is 0 Å². The molecule has 0 fully saturated rings. The molecule has 3 aromatic rings. The summed E-state index contributed by atoms with van der Waals surface area (Å²) in [6.45, 7) is 1.72. The number of aromatic nitrogens is 2. The summed E-state index contributed by atoms with van der Waals surface area (Å²) in [6.07, 6.45) is 0. The van der Waals surface area contributed by atoms with Crippen LogP contribution in [0.5, 0.6) is 11.5 Å². The van der Waals surface area contributed by atoms with Gasteiger partial charge in [-0.2, -0.15) is 4.98 Å². The summed E-state index contributed by atoms with van der Waals surface area (Å²) in [5.74, 6) is 0.862. The van der Waals surface area contributed by atoms with Gasteiger partial charge in [0.1, 0.15) is 11.9 Å². The smallest absolute Gasteiger partial charge is 0.252 e. The van der Waals surface area contributed by atoms with Crippen molar-refractivity contribution in [3.63, 3.8) is 0 Å². The lowest BCUT2D eigenvalue weighted by Crippen LogP contribution is -2.26. The van der Waals surface area contributed by atoms with E-state index in [1.54, 1.807) is 37.3 Å². The van der Waals surface area contributed by atoms with Crippen LogP contribution in [0.4, 0.5) is 4.39 Å². The largest absolute Gasteiger partial charge is 0.493 e. The monoisotopic (exact) mass is 371 g/mol. The van der Waals surface area contributed by atoms with Gasteiger partial charge in [0.2, 0.25) is 11.7 Å². The minimum Gasteiger partial charge on any atom is -0.493 e. The van der Waals surface area contributed by atoms with Gasteiger partial charge >= 0.3 is 0 Å². The number of nitrogens with one attached hydrogen (secondary N) is 1. The third kappa shape index (κ3) is 4.05. The molecule has 27 heavy (non-hydrogen) atoms. The van der Waals surface area contributed by atoms with Gasteiger partial charge in [0.25, 0.3) is 5.91 Å². The van der Waals surface area contributed by atoms with Crippen molar-refractivity contribution >= 4 is 5.91 Å². The third-order valence-corrected chi connectivity index (χ3v) is 3.91. The molecule has 140 valence electrons. The fraction of sp³-hybridized carbons (Fsp3) is 0.211. The number of methoxy groups -OCH3 is 2. The molecule has 0 aliphatic carbocycles. The lowest BCUT2D eigenvalue weighted by molar-refractivity contribution is 0.0932. The number of carbonyl (C=O) groups is 1. The first-order valence-corrected chi connectivity index (χ1v) is 8.14. The number of ether oxygens (including phenoxy) is 2. The Kier molecular flexibility index (Phi) is 5.35. The molecule has 0 aliphatic rings. The molecule has 0 radical (unpaired) electrons. The second-order valence-electron chi connectivity index (χ2n) is 5.73. The second-order valence-corrected chi connectivity index (χ2v) is 5.73. The maximum absolute atomic E-state index is 13.0. The summed E-state index contributed by atoms with van der Waals surface area (Å²) in [5, 5.41) is 6.65. The predicted octanol–water partition coefficient (Wildman–Crippen LogP) is 3.38. The topological polar surface area (TPSA) is 86.5 Å². The van der Waals surface area contributed by atoms with Crippen molar-refractivity contribution in [2.45, 2.75) is 13.0 Å². The Morgan fingerprint density at radius 3 is 2.48 bits per heavy atom. The molecule has 8 heteroatoms. The molecule has 0 saturated carbocycles. The van der Waals surface area contributed by atoms with Crippen molar-refractivity contribution in [1.82, 2.24) is 15.5 Å². The first kappa shape index (κ1) is 18.4.